The monoisotopic (exact) mass is 100 g/mol. The molecule has 0 unspecified atom stereocenters. The largest absolute Gasteiger partial charge is 1.00 e. The van der Waals surface area contributed by atoms with Gasteiger partial charge in [-0.25, -0.2) is 0 Å². The summed E-state index contributed by atoms with van der Waals surface area (Å²) in [6.45, 7) is 1.57. The van der Waals surface area contributed by atoms with Crippen molar-refractivity contribution in [2.45, 2.75) is 14.4 Å². The number of hydrogen-bond donors (Lipinski definition) is 0. The molecular weight excluding hydrogens is 91.1 g/mol. The van der Waals surface area contributed by atoms with Gasteiger partial charge in [0.2, 0.25) is 0 Å². The van der Waals surface area contributed by atoms with Crippen LogP contribution in [0.5, 0.6) is 0 Å². The maximum absolute atomic E-state index is 8.93. The summed E-state index contributed by atoms with van der Waals surface area (Å²) in [5.41, 5.74) is 0. The Kier molecular flexibility index (Phi) is 56.0. The zero-order valence-corrected chi connectivity index (χ0v) is 6.24. The molecule has 0 aromatic rings. The van der Waals surface area contributed by atoms with Crippen LogP contribution in [0.2, 0.25) is 0 Å². The fourth-order valence-corrected chi connectivity index (χ4v) is 0. The molecule has 0 heterocycles. The van der Waals surface area contributed by atoms with Gasteiger partial charge in [-0.15, -0.1) is 6.61 Å². The molecule has 0 rings (SSSR count). The van der Waals surface area contributed by atoms with Crippen molar-refractivity contribution in [3.05, 3.63) is 0 Å². The summed E-state index contributed by atoms with van der Waals surface area (Å²) < 4.78 is 0. The van der Waals surface area contributed by atoms with Crippen LogP contribution in [0.3, 0.4) is 0 Å². The van der Waals surface area contributed by atoms with Crippen molar-refractivity contribution in [2.24, 2.45) is 0 Å². The van der Waals surface area contributed by atoms with E-state index in [1.807, 2.05) is 0 Å². The van der Waals surface area contributed by atoms with Gasteiger partial charge in [0, 0.05) is 0 Å². The summed E-state index contributed by atoms with van der Waals surface area (Å²) in [7, 11) is 0. The second-order valence-electron chi connectivity index (χ2n) is 0.289. The van der Waals surface area contributed by atoms with Gasteiger partial charge in [-0.1, -0.05) is 14.4 Å². The first-order chi connectivity index (χ1) is 1.41. The second kappa shape index (κ2) is 17.5. The van der Waals surface area contributed by atoms with E-state index in [1.54, 1.807) is 6.92 Å². The molecule has 0 N–H and O–H groups in total. The summed E-state index contributed by atoms with van der Waals surface area (Å²) in [4.78, 5) is 0. The van der Waals surface area contributed by atoms with E-state index in [1.165, 1.54) is 0 Å². The van der Waals surface area contributed by atoms with Crippen LogP contribution in [0, 0.1) is 0 Å². The third-order valence-electron chi connectivity index (χ3n) is 0. The Hall–Kier alpha value is 1.60. The predicted octanol–water partition coefficient (Wildman–Crippen LogP) is -2.99. The SMILES string of the molecule is C.CC[O-].[K+]. The molecule has 0 aliphatic heterocycles. The molecule has 0 aliphatic carbocycles. The van der Waals surface area contributed by atoms with E-state index >= 15 is 0 Å². The van der Waals surface area contributed by atoms with Crippen LogP contribution in [-0.2, 0) is 0 Å². The Morgan fingerprint density at radius 2 is 1.60 bits per heavy atom. The topological polar surface area (TPSA) is 23.1 Å². The molecule has 0 saturated carbocycles. The van der Waals surface area contributed by atoms with Crippen LogP contribution in [0.1, 0.15) is 14.4 Å². The third-order valence-corrected chi connectivity index (χ3v) is 0. The Bertz CT molecular complexity index is 6.85. The smallest absolute Gasteiger partial charge is 0.855 e. The molecular formula is C3H9KO. The molecule has 5 heavy (non-hydrogen) atoms. The number of rotatable bonds is 0. The molecule has 0 aromatic heterocycles. The van der Waals surface area contributed by atoms with Gasteiger partial charge in [-0.3, -0.25) is 0 Å². The molecule has 0 radical (unpaired) electrons. The van der Waals surface area contributed by atoms with Gasteiger partial charge in [0.1, 0.15) is 0 Å². The van der Waals surface area contributed by atoms with Crippen LogP contribution in [-0.4, -0.2) is 6.61 Å². The van der Waals surface area contributed by atoms with Crippen molar-refractivity contribution in [1.82, 2.24) is 0 Å². The van der Waals surface area contributed by atoms with E-state index in [4.69, 9.17) is 5.11 Å². The molecule has 0 atom stereocenters. The maximum Gasteiger partial charge on any atom is 1.00 e. The molecule has 0 amide bonds. The van der Waals surface area contributed by atoms with Gasteiger partial charge in [0.25, 0.3) is 0 Å². The molecule has 0 bridgehead atoms. The van der Waals surface area contributed by atoms with Crippen LogP contribution >= 0.6 is 0 Å². The molecule has 1 nitrogen and oxygen atoms in total. The average Bonchev–Trinajstić information content (AvgIpc) is 0.918. The van der Waals surface area contributed by atoms with Crippen molar-refractivity contribution < 1.29 is 56.5 Å². The molecule has 0 aliphatic rings. The van der Waals surface area contributed by atoms with Gasteiger partial charge in [-0.05, 0) is 0 Å². The van der Waals surface area contributed by atoms with Gasteiger partial charge in [0.05, 0.1) is 0 Å². The minimum absolute atomic E-state index is 0. The summed E-state index contributed by atoms with van der Waals surface area (Å²) in [5.74, 6) is 0. The van der Waals surface area contributed by atoms with Gasteiger partial charge in [0.15, 0.2) is 0 Å². The minimum atomic E-state index is 0. The Morgan fingerprint density at radius 3 is 1.60 bits per heavy atom. The molecule has 0 fully saturated rings. The normalized spacial score (nSPS) is 3.60. The quantitative estimate of drug-likeness (QED) is 0.298. The fourth-order valence-electron chi connectivity index (χ4n) is 0. The average molecular weight is 100 g/mol. The van der Waals surface area contributed by atoms with Gasteiger partial charge >= 0.3 is 51.4 Å². The van der Waals surface area contributed by atoms with E-state index in [0.29, 0.717) is 0 Å². The number of hydrogen-bond acceptors (Lipinski definition) is 1. The van der Waals surface area contributed by atoms with Gasteiger partial charge < -0.3 is 5.11 Å². The Balaban J connectivity index is -0.0000000200. The van der Waals surface area contributed by atoms with Crippen LogP contribution in [0.15, 0.2) is 0 Å². The van der Waals surface area contributed by atoms with Crippen molar-refractivity contribution in [2.75, 3.05) is 6.61 Å². The molecule has 0 spiro atoms. The summed E-state index contributed by atoms with van der Waals surface area (Å²) >= 11 is 0. The first kappa shape index (κ1) is 16.0. The summed E-state index contributed by atoms with van der Waals surface area (Å²) in [6, 6.07) is 0. The predicted molar refractivity (Wildman–Crippen MR) is 17.3 cm³/mol. The van der Waals surface area contributed by atoms with E-state index < -0.39 is 0 Å². The summed E-state index contributed by atoms with van der Waals surface area (Å²) in [6.07, 6.45) is 0. The Morgan fingerprint density at radius 1 is 1.60 bits per heavy atom. The van der Waals surface area contributed by atoms with E-state index in [-0.39, 0.29) is 65.4 Å². The fraction of sp³-hybridized carbons (Fsp3) is 1.00. The van der Waals surface area contributed by atoms with Crippen LogP contribution in [0.4, 0.5) is 0 Å². The molecule has 2 heteroatoms. The van der Waals surface area contributed by atoms with E-state index in [0.717, 1.165) is 0 Å². The van der Waals surface area contributed by atoms with E-state index in [2.05, 4.69) is 0 Å². The van der Waals surface area contributed by atoms with E-state index in [9.17, 15) is 0 Å². The molecule has 0 saturated heterocycles. The first-order valence-electron chi connectivity index (χ1n) is 0.996. The minimum Gasteiger partial charge on any atom is -0.855 e. The van der Waals surface area contributed by atoms with Crippen LogP contribution < -0.4 is 56.5 Å². The molecule has 0 aromatic carbocycles. The summed E-state index contributed by atoms with van der Waals surface area (Å²) in [5, 5.41) is 8.93. The third kappa shape index (κ3) is 28.4. The molecule has 28 valence electrons. The first-order valence-corrected chi connectivity index (χ1v) is 0.996. The maximum atomic E-state index is 8.93. The standard InChI is InChI=1S/C2H5O.CH4.K/c1-2-3;;/h2H2,1H3;1H4;/q-1;;+1. The zero-order valence-electron chi connectivity index (χ0n) is 3.12. The Labute approximate surface area is 76.2 Å². The van der Waals surface area contributed by atoms with Crippen molar-refractivity contribution in [1.29, 1.82) is 0 Å². The zero-order chi connectivity index (χ0) is 2.71. The van der Waals surface area contributed by atoms with Crippen LogP contribution in [0.25, 0.3) is 0 Å². The van der Waals surface area contributed by atoms with Gasteiger partial charge in [-0.2, -0.15) is 0 Å². The second-order valence-corrected chi connectivity index (χ2v) is 0.289. The van der Waals surface area contributed by atoms with Crippen molar-refractivity contribution in [3.63, 3.8) is 0 Å². The van der Waals surface area contributed by atoms with Crippen molar-refractivity contribution >= 4 is 0 Å². The van der Waals surface area contributed by atoms with Crippen molar-refractivity contribution in [3.8, 4) is 0 Å².